The first-order chi connectivity index (χ1) is 9.15. The summed E-state index contributed by atoms with van der Waals surface area (Å²) in [5, 5.41) is 0.602. The average Bonchev–Trinajstić information content (AvgIpc) is 3.02. The summed E-state index contributed by atoms with van der Waals surface area (Å²) in [6.07, 6.45) is 4.10. The SMILES string of the molecule is CC1(c2cc(B3OC(C)(C)C(C)(C)O3)cnc2Cl)CC1. The molecule has 2 aliphatic rings. The summed E-state index contributed by atoms with van der Waals surface area (Å²) >= 11 is 6.25. The molecule has 1 saturated heterocycles. The van der Waals surface area contributed by atoms with Crippen molar-refractivity contribution < 1.29 is 9.31 Å². The summed E-state index contributed by atoms with van der Waals surface area (Å²) in [6, 6.07) is 2.10. The molecule has 0 N–H and O–H groups in total. The van der Waals surface area contributed by atoms with E-state index in [1.165, 1.54) is 12.8 Å². The fraction of sp³-hybridized carbons (Fsp3) is 0.667. The first kappa shape index (κ1) is 14.4. The van der Waals surface area contributed by atoms with Crippen LogP contribution in [0.3, 0.4) is 0 Å². The van der Waals surface area contributed by atoms with Crippen molar-refractivity contribution in [3.05, 3.63) is 23.0 Å². The molecule has 0 spiro atoms. The standard InChI is InChI=1S/C15H21BClNO2/c1-13(2)14(3,4)20-16(19-13)10-8-11(12(17)18-9-10)15(5)6-7-15/h8-9H,6-7H2,1-5H3. The molecule has 1 aromatic heterocycles. The number of hydrogen-bond donors (Lipinski definition) is 0. The van der Waals surface area contributed by atoms with Gasteiger partial charge in [0, 0.05) is 11.7 Å². The normalized spacial score (nSPS) is 25.8. The van der Waals surface area contributed by atoms with E-state index in [2.05, 4.69) is 45.7 Å². The molecule has 3 rings (SSSR count). The number of pyridine rings is 1. The highest BCUT2D eigenvalue weighted by Crippen LogP contribution is 2.49. The molecule has 2 fully saturated rings. The van der Waals surface area contributed by atoms with Gasteiger partial charge < -0.3 is 9.31 Å². The molecule has 1 saturated carbocycles. The van der Waals surface area contributed by atoms with Gasteiger partial charge in [-0.3, -0.25) is 0 Å². The van der Waals surface area contributed by atoms with Crippen LogP contribution in [0.2, 0.25) is 5.15 Å². The van der Waals surface area contributed by atoms with Crippen LogP contribution in [0.1, 0.15) is 53.0 Å². The van der Waals surface area contributed by atoms with Gasteiger partial charge >= 0.3 is 7.12 Å². The molecular weight excluding hydrogens is 272 g/mol. The van der Waals surface area contributed by atoms with Gasteiger partial charge in [-0.05, 0) is 51.5 Å². The zero-order valence-corrected chi connectivity index (χ0v) is 13.5. The molecule has 2 heterocycles. The van der Waals surface area contributed by atoms with Gasteiger partial charge in [-0.1, -0.05) is 24.6 Å². The van der Waals surface area contributed by atoms with E-state index < -0.39 is 0 Å². The van der Waals surface area contributed by atoms with E-state index in [1.807, 2.05) is 0 Å². The van der Waals surface area contributed by atoms with E-state index in [0.29, 0.717) is 5.15 Å². The van der Waals surface area contributed by atoms with Gasteiger partial charge in [0.05, 0.1) is 11.2 Å². The van der Waals surface area contributed by atoms with Gasteiger partial charge in [0.15, 0.2) is 0 Å². The Bertz CT molecular complexity index is 539. The quantitative estimate of drug-likeness (QED) is 0.620. The summed E-state index contributed by atoms with van der Waals surface area (Å²) in [5.74, 6) is 0. The van der Waals surface area contributed by atoms with Crippen LogP contribution in [0.15, 0.2) is 12.3 Å². The molecule has 20 heavy (non-hydrogen) atoms. The van der Waals surface area contributed by atoms with Gasteiger partial charge in [0.1, 0.15) is 5.15 Å². The summed E-state index contributed by atoms with van der Waals surface area (Å²) in [4.78, 5) is 4.33. The Morgan fingerprint density at radius 3 is 2.15 bits per heavy atom. The van der Waals surface area contributed by atoms with E-state index in [4.69, 9.17) is 20.9 Å². The minimum atomic E-state index is -0.370. The maximum atomic E-state index is 6.25. The Labute approximate surface area is 126 Å². The van der Waals surface area contributed by atoms with Crippen molar-refractivity contribution in [2.24, 2.45) is 0 Å². The largest absolute Gasteiger partial charge is 0.496 e. The third kappa shape index (κ3) is 2.18. The van der Waals surface area contributed by atoms with Crippen LogP contribution in [0.25, 0.3) is 0 Å². The molecule has 1 aliphatic heterocycles. The first-order valence-corrected chi connectivity index (χ1v) is 7.54. The van der Waals surface area contributed by atoms with E-state index >= 15 is 0 Å². The van der Waals surface area contributed by atoms with Crippen LogP contribution < -0.4 is 5.46 Å². The average molecular weight is 294 g/mol. The van der Waals surface area contributed by atoms with Gasteiger partial charge in [-0.2, -0.15) is 0 Å². The zero-order valence-electron chi connectivity index (χ0n) is 12.8. The molecule has 108 valence electrons. The summed E-state index contributed by atoms with van der Waals surface area (Å²) < 4.78 is 12.1. The lowest BCUT2D eigenvalue weighted by Gasteiger charge is -2.32. The lowest BCUT2D eigenvalue weighted by Crippen LogP contribution is -2.41. The zero-order chi connectivity index (χ0) is 14.8. The third-order valence-electron chi connectivity index (χ3n) is 5.04. The monoisotopic (exact) mass is 293 g/mol. The van der Waals surface area contributed by atoms with Crippen molar-refractivity contribution in [2.45, 2.75) is 64.1 Å². The minimum Gasteiger partial charge on any atom is -0.399 e. The molecule has 5 heteroatoms. The Morgan fingerprint density at radius 2 is 1.65 bits per heavy atom. The molecule has 0 unspecified atom stereocenters. The van der Waals surface area contributed by atoms with Gasteiger partial charge in [-0.15, -0.1) is 0 Å². The number of halogens is 1. The molecule has 0 radical (unpaired) electrons. The van der Waals surface area contributed by atoms with E-state index in [1.54, 1.807) is 6.20 Å². The summed E-state index contributed by atoms with van der Waals surface area (Å²) in [7, 11) is -0.370. The van der Waals surface area contributed by atoms with Crippen molar-refractivity contribution in [3.8, 4) is 0 Å². The van der Waals surface area contributed by atoms with Crippen molar-refractivity contribution in [2.75, 3.05) is 0 Å². The van der Waals surface area contributed by atoms with E-state index in [9.17, 15) is 0 Å². The Kier molecular flexibility index (Phi) is 3.03. The number of rotatable bonds is 2. The lowest BCUT2D eigenvalue weighted by molar-refractivity contribution is 0.00578. The number of nitrogens with zero attached hydrogens (tertiary/aromatic N) is 1. The summed E-state index contributed by atoms with van der Waals surface area (Å²) in [5.41, 5.74) is 1.59. The Balaban J connectivity index is 1.93. The second kappa shape index (κ2) is 4.22. The highest BCUT2D eigenvalue weighted by molar-refractivity contribution is 6.62. The predicted molar refractivity (Wildman–Crippen MR) is 81.5 cm³/mol. The van der Waals surface area contributed by atoms with Crippen molar-refractivity contribution >= 4 is 24.2 Å². The highest BCUT2D eigenvalue weighted by atomic mass is 35.5. The molecule has 3 nitrogen and oxygen atoms in total. The first-order valence-electron chi connectivity index (χ1n) is 7.16. The van der Waals surface area contributed by atoms with E-state index in [0.717, 1.165) is 11.0 Å². The van der Waals surface area contributed by atoms with Gasteiger partial charge in [0.25, 0.3) is 0 Å². The van der Waals surface area contributed by atoms with Crippen LogP contribution in [0.5, 0.6) is 0 Å². The second-order valence-electron chi connectivity index (χ2n) is 7.26. The van der Waals surface area contributed by atoms with E-state index in [-0.39, 0.29) is 23.7 Å². The van der Waals surface area contributed by atoms with Crippen LogP contribution >= 0.6 is 11.6 Å². The van der Waals surface area contributed by atoms with Crippen LogP contribution in [0, 0.1) is 0 Å². The van der Waals surface area contributed by atoms with Gasteiger partial charge in [0.2, 0.25) is 0 Å². The van der Waals surface area contributed by atoms with Crippen LogP contribution in [-0.2, 0) is 14.7 Å². The topological polar surface area (TPSA) is 31.4 Å². The fourth-order valence-corrected chi connectivity index (χ4v) is 2.78. The molecule has 1 aliphatic carbocycles. The van der Waals surface area contributed by atoms with Gasteiger partial charge in [-0.25, -0.2) is 4.98 Å². The minimum absolute atomic E-state index is 0.184. The fourth-order valence-electron chi connectivity index (χ4n) is 2.45. The Morgan fingerprint density at radius 1 is 1.10 bits per heavy atom. The third-order valence-corrected chi connectivity index (χ3v) is 5.34. The molecular formula is C15H21BClNO2. The number of aromatic nitrogens is 1. The van der Waals surface area contributed by atoms with Crippen LogP contribution in [0.4, 0.5) is 0 Å². The molecule has 0 atom stereocenters. The summed E-state index contributed by atoms with van der Waals surface area (Å²) in [6.45, 7) is 10.4. The molecule has 0 aromatic carbocycles. The van der Waals surface area contributed by atoms with Crippen LogP contribution in [-0.4, -0.2) is 23.3 Å². The van der Waals surface area contributed by atoms with Crippen molar-refractivity contribution in [1.82, 2.24) is 4.98 Å². The maximum absolute atomic E-state index is 6.25. The van der Waals surface area contributed by atoms with Crippen molar-refractivity contribution in [1.29, 1.82) is 0 Å². The Hall–Kier alpha value is -0.575. The lowest BCUT2D eigenvalue weighted by atomic mass is 9.78. The highest BCUT2D eigenvalue weighted by Gasteiger charge is 2.52. The molecule has 1 aromatic rings. The molecule has 0 amide bonds. The second-order valence-corrected chi connectivity index (χ2v) is 7.61. The smallest absolute Gasteiger partial charge is 0.399 e. The molecule has 0 bridgehead atoms. The maximum Gasteiger partial charge on any atom is 0.496 e. The predicted octanol–water partition coefficient (Wildman–Crippen LogP) is 3.09. The number of hydrogen-bond acceptors (Lipinski definition) is 3. The van der Waals surface area contributed by atoms with Crippen molar-refractivity contribution in [3.63, 3.8) is 0 Å².